The third-order valence-corrected chi connectivity index (χ3v) is 6.88. The van der Waals surface area contributed by atoms with Crippen LogP contribution in [-0.4, -0.2) is 19.1 Å². The van der Waals surface area contributed by atoms with Crippen LogP contribution in [0.25, 0.3) is 0 Å². The summed E-state index contributed by atoms with van der Waals surface area (Å²) in [5.41, 5.74) is 3.66. The molecule has 1 saturated heterocycles. The Balaban J connectivity index is 1.33. The Morgan fingerprint density at radius 1 is 1.08 bits per heavy atom. The molecule has 2 fully saturated rings. The van der Waals surface area contributed by atoms with Gasteiger partial charge in [-0.1, -0.05) is 48.6 Å². The minimum absolute atomic E-state index is 0.428. The third-order valence-electron chi connectivity index (χ3n) is 6.88. The van der Waals surface area contributed by atoms with E-state index in [9.17, 15) is 0 Å². The molecule has 0 radical (unpaired) electrons. The summed E-state index contributed by atoms with van der Waals surface area (Å²) in [7, 11) is 0. The van der Waals surface area contributed by atoms with Gasteiger partial charge in [-0.05, 0) is 73.6 Å². The lowest BCUT2D eigenvalue weighted by molar-refractivity contribution is 0.280. The summed E-state index contributed by atoms with van der Waals surface area (Å²) in [6.07, 6.45) is 15.7. The first kappa shape index (κ1) is 14.9. The van der Waals surface area contributed by atoms with Crippen molar-refractivity contribution in [2.75, 3.05) is 13.1 Å². The molecule has 3 aliphatic carbocycles. The molecule has 1 saturated carbocycles. The molecule has 126 valence electrons. The minimum Gasteiger partial charge on any atom is -0.317 e. The van der Waals surface area contributed by atoms with Crippen molar-refractivity contribution in [1.82, 2.24) is 10.6 Å². The van der Waals surface area contributed by atoms with Gasteiger partial charge in [0.2, 0.25) is 0 Å². The van der Waals surface area contributed by atoms with Crippen LogP contribution in [0.2, 0.25) is 0 Å². The quantitative estimate of drug-likeness (QED) is 0.883. The van der Waals surface area contributed by atoms with Crippen LogP contribution >= 0.6 is 0 Å². The maximum Gasteiger partial charge on any atom is 0.0334 e. The van der Waals surface area contributed by atoms with E-state index in [0.29, 0.717) is 11.5 Å². The van der Waals surface area contributed by atoms with Gasteiger partial charge >= 0.3 is 0 Å². The summed E-state index contributed by atoms with van der Waals surface area (Å²) < 4.78 is 0. The average molecular weight is 320 g/mol. The van der Waals surface area contributed by atoms with Crippen molar-refractivity contribution in [3.05, 3.63) is 59.7 Å². The highest BCUT2D eigenvalue weighted by Gasteiger charge is 2.48. The topological polar surface area (TPSA) is 24.1 Å². The van der Waals surface area contributed by atoms with Crippen LogP contribution in [0.5, 0.6) is 0 Å². The fourth-order valence-corrected chi connectivity index (χ4v) is 5.48. The summed E-state index contributed by atoms with van der Waals surface area (Å²) in [5, 5.41) is 7.60. The van der Waals surface area contributed by atoms with E-state index in [-0.39, 0.29) is 0 Å². The van der Waals surface area contributed by atoms with Crippen LogP contribution < -0.4 is 10.6 Å². The second-order valence-corrected chi connectivity index (χ2v) is 8.26. The lowest BCUT2D eigenvalue weighted by Crippen LogP contribution is -2.39. The Kier molecular flexibility index (Phi) is 3.64. The van der Waals surface area contributed by atoms with Crippen molar-refractivity contribution < 1.29 is 0 Å². The van der Waals surface area contributed by atoms with E-state index in [2.05, 4.69) is 59.2 Å². The van der Waals surface area contributed by atoms with Crippen LogP contribution in [0.4, 0.5) is 0 Å². The van der Waals surface area contributed by atoms with E-state index in [1.807, 2.05) is 0 Å². The van der Waals surface area contributed by atoms with Crippen molar-refractivity contribution in [2.45, 2.75) is 49.6 Å². The lowest BCUT2D eigenvalue weighted by Gasteiger charge is -2.35. The van der Waals surface area contributed by atoms with Gasteiger partial charge in [0.05, 0.1) is 0 Å². The van der Waals surface area contributed by atoms with Crippen LogP contribution in [0.1, 0.15) is 49.3 Å². The maximum atomic E-state index is 4.05. The van der Waals surface area contributed by atoms with Gasteiger partial charge in [0.25, 0.3) is 0 Å². The maximum absolute atomic E-state index is 4.05. The molecule has 24 heavy (non-hydrogen) atoms. The normalized spacial score (nSPS) is 36.0. The van der Waals surface area contributed by atoms with Gasteiger partial charge in [-0.15, -0.1) is 0 Å². The first-order valence-corrected chi connectivity index (χ1v) is 9.75. The number of allylic oxidation sites excluding steroid dienone is 4. The minimum atomic E-state index is 0.428. The Hall–Kier alpha value is -1.38. The lowest BCUT2D eigenvalue weighted by atomic mass is 9.74. The third kappa shape index (κ3) is 2.48. The van der Waals surface area contributed by atoms with Gasteiger partial charge in [-0.25, -0.2) is 0 Å². The summed E-state index contributed by atoms with van der Waals surface area (Å²) >= 11 is 0. The molecule has 2 unspecified atom stereocenters. The zero-order valence-corrected chi connectivity index (χ0v) is 14.4. The van der Waals surface area contributed by atoms with E-state index in [1.54, 1.807) is 11.1 Å². The van der Waals surface area contributed by atoms with E-state index < -0.39 is 0 Å². The average Bonchev–Trinajstić information content (AvgIpc) is 3.36. The van der Waals surface area contributed by atoms with Crippen molar-refractivity contribution in [3.63, 3.8) is 0 Å². The summed E-state index contributed by atoms with van der Waals surface area (Å²) in [6.45, 7) is 2.35. The highest BCUT2D eigenvalue weighted by atomic mass is 15.0. The number of hydrogen-bond acceptors (Lipinski definition) is 2. The fraction of sp³-hybridized carbons (Fsp3) is 0.545. The summed E-state index contributed by atoms with van der Waals surface area (Å²) in [5.74, 6) is 1.61. The number of piperidine rings is 1. The van der Waals surface area contributed by atoms with Gasteiger partial charge in [-0.3, -0.25) is 0 Å². The monoisotopic (exact) mass is 320 g/mol. The second-order valence-electron chi connectivity index (χ2n) is 8.26. The van der Waals surface area contributed by atoms with Gasteiger partial charge in [-0.2, -0.15) is 0 Å². The first-order chi connectivity index (χ1) is 11.9. The number of hydrogen-bond donors (Lipinski definition) is 2. The zero-order chi connectivity index (χ0) is 16.0. The summed E-state index contributed by atoms with van der Waals surface area (Å²) in [6, 6.07) is 10.5. The molecule has 2 heteroatoms. The fourth-order valence-electron chi connectivity index (χ4n) is 5.48. The molecule has 1 spiro atoms. The SMILES string of the molecule is C1=CCC([C@H]2C[C@@H]2NC2CC3(CCNCC3)c3ccccc32)C=C1. The van der Waals surface area contributed by atoms with Crippen molar-refractivity contribution >= 4 is 0 Å². The molecule has 4 atom stereocenters. The molecule has 0 aromatic heterocycles. The molecule has 1 aromatic rings. The van der Waals surface area contributed by atoms with Crippen molar-refractivity contribution in [3.8, 4) is 0 Å². The smallest absolute Gasteiger partial charge is 0.0334 e. The molecular formula is C22H28N2. The van der Waals surface area contributed by atoms with Gasteiger partial charge < -0.3 is 10.6 Å². The van der Waals surface area contributed by atoms with Crippen molar-refractivity contribution in [2.24, 2.45) is 11.8 Å². The zero-order valence-electron chi connectivity index (χ0n) is 14.4. The Bertz CT molecular complexity index is 668. The summed E-state index contributed by atoms with van der Waals surface area (Å²) in [4.78, 5) is 0. The molecule has 1 aromatic carbocycles. The largest absolute Gasteiger partial charge is 0.317 e. The molecule has 0 bridgehead atoms. The van der Waals surface area contributed by atoms with Crippen molar-refractivity contribution in [1.29, 1.82) is 0 Å². The number of rotatable bonds is 3. The molecule has 0 amide bonds. The van der Waals surface area contributed by atoms with Gasteiger partial charge in [0, 0.05) is 12.1 Å². The predicted molar refractivity (Wildman–Crippen MR) is 99.0 cm³/mol. The number of fused-ring (bicyclic) bond motifs is 2. The number of benzene rings is 1. The van der Waals surface area contributed by atoms with Crippen LogP contribution in [0.3, 0.4) is 0 Å². The Labute approximate surface area is 145 Å². The van der Waals surface area contributed by atoms with Crippen LogP contribution in [-0.2, 0) is 5.41 Å². The van der Waals surface area contributed by atoms with Crippen LogP contribution in [0, 0.1) is 11.8 Å². The van der Waals surface area contributed by atoms with E-state index >= 15 is 0 Å². The Morgan fingerprint density at radius 3 is 2.79 bits per heavy atom. The molecule has 1 heterocycles. The molecule has 4 aliphatic rings. The highest BCUT2D eigenvalue weighted by molar-refractivity contribution is 5.43. The molecule has 5 rings (SSSR count). The molecular weight excluding hydrogens is 292 g/mol. The standard InChI is InChI=1S/C22H28N2/c1-2-6-16(7-3-1)18-14-20(18)24-21-15-22(10-12-23-13-11-22)19-9-5-4-8-17(19)21/h1-6,8-9,16,18,20-21,23-24H,7,10-15H2/t16?,18-,20+,21?/m1/s1. The molecule has 2 N–H and O–H groups in total. The van der Waals surface area contributed by atoms with Crippen LogP contribution in [0.15, 0.2) is 48.6 Å². The molecule has 1 aliphatic heterocycles. The van der Waals surface area contributed by atoms with Gasteiger partial charge in [0.15, 0.2) is 0 Å². The van der Waals surface area contributed by atoms with E-state index in [1.165, 1.54) is 45.2 Å². The van der Waals surface area contributed by atoms with E-state index in [0.717, 1.165) is 17.9 Å². The van der Waals surface area contributed by atoms with Gasteiger partial charge in [0.1, 0.15) is 0 Å². The second kappa shape index (κ2) is 5.86. The number of nitrogens with one attached hydrogen (secondary N) is 2. The highest BCUT2D eigenvalue weighted by Crippen LogP contribution is 2.51. The predicted octanol–water partition coefficient (Wildman–Crippen LogP) is 3.86. The molecule has 2 nitrogen and oxygen atoms in total. The first-order valence-electron chi connectivity index (χ1n) is 9.75. The Morgan fingerprint density at radius 2 is 1.96 bits per heavy atom. The van der Waals surface area contributed by atoms with E-state index in [4.69, 9.17) is 0 Å².